The highest BCUT2D eigenvalue weighted by atomic mass is 19.1. The second kappa shape index (κ2) is 9.51. The van der Waals surface area contributed by atoms with Crippen LogP contribution in [-0.4, -0.2) is 42.1 Å². The van der Waals surface area contributed by atoms with E-state index in [4.69, 9.17) is 13.9 Å². The van der Waals surface area contributed by atoms with Crippen molar-refractivity contribution in [2.24, 2.45) is 5.92 Å². The van der Waals surface area contributed by atoms with E-state index in [9.17, 15) is 18.8 Å². The van der Waals surface area contributed by atoms with Crippen LogP contribution in [0.1, 0.15) is 53.3 Å². The number of ether oxygens (including phenoxy) is 2. The number of nitrogens with zero attached hydrogens (tertiary/aromatic N) is 1. The predicted molar refractivity (Wildman–Crippen MR) is 141 cm³/mol. The van der Waals surface area contributed by atoms with Crippen molar-refractivity contribution in [1.82, 2.24) is 15.6 Å². The number of rotatable bonds is 3. The maximum absolute atomic E-state index is 14.7. The third-order valence-electron chi connectivity index (χ3n) is 7.53. The normalized spacial score (nSPS) is 24.6. The number of carbonyl (C=O) groups excluding carboxylic acids is 3. The Kier molecular flexibility index (Phi) is 6.09. The number of anilines is 1. The van der Waals surface area contributed by atoms with Gasteiger partial charge in [0, 0.05) is 17.7 Å². The Bertz CT molecular complexity index is 1580. The monoisotopic (exact) mass is 546 g/mol. The second-order valence-corrected chi connectivity index (χ2v) is 10.4. The topological polar surface area (TPSA) is 132 Å². The zero-order chi connectivity index (χ0) is 28.2. The lowest BCUT2D eigenvalue weighted by atomic mass is 9.74. The van der Waals surface area contributed by atoms with Crippen LogP contribution in [0.3, 0.4) is 0 Å². The summed E-state index contributed by atoms with van der Waals surface area (Å²) in [7, 11) is 1.22. The minimum absolute atomic E-state index is 0.0694. The summed E-state index contributed by atoms with van der Waals surface area (Å²) < 4.78 is 31.5. The number of halogens is 1. The molecule has 10 nitrogen and oxygen atoms in total. The minimum Gasteiger partial charge on any atom is -0.469 e. The van der Waals surface area contributed by atoms with Gasteiger partial charge in [-0.3, -0.25) is 9.59 Å². The van der Waals surface area contributed by atoms with E-state index in [0.29, 0.717) is 23.4 Å². The van der Waals surface area contributed by atoms with E-state index in [1.165, 1.54) is 19.2 Å². The standard InChI is InChI=1S/C29H27FN4O6/c1-14(2)24-25(36)31-20(26-32-21(13-39-26)27(37)38-3)12-29-17-11-16(30)6-7-19(17)33-28(29)40-22-8-4-15(10-18(22)29)5-9-23(35)34-24/h4,6-8,10-14,24,28,33H,5,9H2,1-3H3,(H,31,36)(H,34,35)/b20-12+/t24?,28-,29+/m1/s1. The summed E-state index contributed by atoms with van der Waals surface area (Å²) >= 11 is 0. The molecule has 0 saturated carbocycles. The number of oxazole rings is 1. The van der Waals surface area contributed by atoms with Crippen molar-refractivity contribution < 1.29 is 32.7 Å². The summed E-state index contributed by atoms with van der Waals surface area (Å²) in [5.74, 6) is -1.69. The molecule has 3 N–H and O–H groups in total. The third-order valence-corrected chi connectivity index (χ3v) is 7.53. The number of benzene rings is 2. The van der Waals surface area contributed by atoms with Gasteiger partial charge in [0.2, 0.25) is 17.7 Å². The Morgan fingerprint density at radius 2 is 1.95 bits per heavy atom. The lowest BCUT2D eigenvalue weighted by Gasteiger charge is -2.27. The smallest absolute Gasteiger partial charge is 0.360 e. The lowest BCUT2D eigenvalue weighted by Crippen LogP contribution is -2.49. The van der Waals surface area contributed by atoms with Crippen LogP contribution in [0.25, 0.3) is 5.70 Å². The molecule has 3 aliphatic rings. The third kappa shape index (κ3) is 4.09. The average molecular weight is 547 g/mol. The second-order valence-electron chi connectivity index (χ2n) is 10.4. The number of fused-ring (bicyclic) bond motifs is 2. The van der Waals surface area contributed by atoms with E-state index >= 15 is 0 Å². The number of amides is 2. The molecule has 3 aliphatic heterocycles. The molecule has 11 heteroatoms. The van der Waals surface area contributed by atoms with Crippen LogP contribution in [0.15, 0.2) is 53.2 Å². The van der Waals surface area contributed by atoms with Gasteiger partial charge >= 0.3 is 5.97 Å². The van der Waals surface area contributed by atoms with Crippen molar-refractivity contribution >= 4 is 29.2 Å². The van der Waals surface area contributed by atoms with Crippen molar-refractivity contribution in [1.29, 1.82) is 0 Å². The molecule has 1 spiro atoms. The van der Waals surface area contributed by atoms with Crippen LogP contribution in [0.2, 0.25) is 0 Å². The lowest BCUT2D eigenvalue weighted by molar-refractivity contribution is -0.129. The average Bonchev–Trinajstić information content (AvgIpc) is 3.61. The molecule has 6 rings (SSSR count). The zero-order valence-electron chi connectivity index (χ0n) is 22.0. The van der Waals surface area contributed by atoms with E-state index in [0.717, 1.165) is 17.4 Å². The van der Waals surface area contributed by atoms with Crippen molar-refractivity contribution in [3.05, 3.63) is 82.8 Å². The van der Waals surface area contributed by atoms with Crippen LogP contribution >= 0.6 is 0 Å². The number of esters is 1. The Hall–Kier alpha value is -4.67. The van der Waals surface area contributed by atoms with Crippen molar-refractivity contribution in [3.63, 3.8) is 0 Å². The summed E-state index contributed by atoms with van der Waals surface area (Å²) in [5.41, 5.74) is 1.74. The van der Waals surface area contributed by atoms with Crippen molar-refractivity contribution in [2.75, 3.05) is 12.4 Å². The Balaban J connectivity index is 1.61. The van der Waals surface area contributed by atoms with Gasteiger partial charge in [-0.2, -0.15) is 0 Å². The number of hydrogen-bond donors (Lipinski definition) is 3. The van der Waals surface area contributed by atoms with E-state index in [1.807, 2.05) is 32.0 Å². The largest absolute Gasteiger partial charge is 0.469 e. The first-order chi connectivity index (χ1) is 19.2. The van der Waals surface area contributed by atoms with Gasteiger partial charge < -0.3 is 29.8 Å². The molecule has 206 valence electrons. The fourth-order valence-electron chi connectivity index (χ4n) is 5.53. The van der Waals surface area contributed by atoms with Gasteiger partial charge in [0.25, 0.3) is 0 Å². The fraction of sp³-hybridized carbons (Fsp3) is 0.310. The number of carbonyl (C=O) groups is 3. The maximum atomic E-state index is 14.7. The van der Waals surface area contributed by atoms with E-state index in [-0.39, 0.29) is 35.5 Å². The van der Waals surface area contributed by atoms with Crippen LogP contribution in [0.5, 0.6) is 5.75 Å². The molecule has 0 aliphatic carbocycles. The number of aryl methyl sites for hydroxylation is 1. The molecular formula is C29H27FN4O6. The molecule has 0 saturated heterocycles. The van der Waals surface area contributed by atoms with Gasteiger partial charge in [-0.05, 0) is 53.8 Å². The summed E-state index contributed by atoms with van der Waals surface area (Å²) in [5, 5.41) is 9.02. The zero-order valence-corrected chi connectivity index (χ0v) is 22.0. The number of nitrogens with one attached hydrogen (secondary N) is 3. The first kappa shape index (κ1) is 25.6. The molecule has 3 aromatic rings. The van der Waals surface area contributed by atoms with Crippen molar-refractivity contribution in [3.8, 4) is 5.75 Å². The van der Waals surface area contributed by atoms with Crippen LogP contribution in [0.4, 0.5) is 10.1 Å². The molecule has 4 heterocycles. The number of methoxy groups -OCH3 is 1. The first-order valence-electron chi connectivity index (χ1n) is 12.9. The molecule has 0 radical (unpaired) electrons. The molecule has 2 amide bonds. The SMILES string of the molecule is COC(=O)c1coc(/C2=C\[C@@]34c5cc(F)ccc5N[C@@H]3Oc3ccc(cc34)CCC(=O)NC(C(C)C)C(=O)N2)n1. The molecule has 40 heavy (non-hydrogen) atoms. The van der Waals surface area contributed by atoms with Gasteiger partial charge in [0.05, 0.1) is 7.11 Å². The van der Waals surface area contributed by atoms with Gasteiger partial charge in [-0.1, -0.05) is 26.0 Å². The molecule has 1 unspecified atom stereocenters. The Labute approximate surface area is 228 Å². The minimum atomic E-state index is -1.12. The number of aromatic nitrogens is 1. The maximum Gasteiger partial charge on any atom is 0.360 e. The highest BCUT2D eigenvalue weighted by molar-refractivity contribution is 5.94. The van der Waals surface area contributed by atoms with Gasteiger partial charge in [0.1, 0.15) is 35.0 Å². The first-order valence-corrected chi connectivity index (χ1v) is 12.9. The van der Waals surface area contributed by atoms with E-state index in [2.05, 4.69) is 20.9 Å². The molecule has 0 fully saturated rings. The van der Waals surface area contributed by atoms with Gasteiger partial charge in [0.15, 0.2) is 11.9 Å². The number of hydrogen-bond acceptors (Lipinski definition) is 8. The quantitative estimate of drug-likeness (QED) is 0.427. The summed E-state index contributed by atoms with van der Waals surface area (Å²) in [6, 6.07) is 9.20. The molecule has 2 aromatic carbocycles. The van der Waals surface area contributed by atoms with E-state index in [1.54, 1.807) is 12.1 Å². The van der Waals surface area contributed by atoms with Crippen LogP contribution < -0.4 is 20.7 Å². The molecule has 1 aromatic heterocycles. The Morgan fingerprint density at radius 1 is 1.12 bits per heavy atom. The fourth-order valence-corrected chi connectivity index (χ4v) is 5.53. The molecular weight excluding hydrogens is 519 g/mol. The van der Waals surface area contributed by atoms with Gasteiger partial charge in [-0.25, -0.2) is 14.2 Å². The van der Waals surface area contributed by atoms with Gasteiger partial charge in [-0.15, -0.1) is 0 Å². The summed E-state index contributed by atoms with van der Waals surface area (Å²) in [4.78, 5) is 42.9. The van der Waals surface area contributed by atoms with Crippen LogP contribution in [-0.2, 0) is 26.2 Å². The van der Waals surface area contributed by atoms with Crippen molar-refractivity contribution in [2.45, 2.75) is 44.4 Å². The summed E-state index contributed by atoms with van der Waals surface area (Å²) in [6.45, 7) is 3.64. The molecule has 2 bridgehead atoms. The summed E-state index contributed by atoms with van der Waals surface area (Å²) in [6.07, 6.45) is 2.74. The highest BCUT2D eigenvalue weighted by Crippen LogP contribution is 2.55. The molecule has 3 atom stereocenters. The van der Waals surface area contributed by atoms with E-state index < -0.39 is 35.4 Å². The Morgan fingerprint density at radius 3 is 2.73 bits per heavy atom. The highest BCUT2D eigenvalue weighted by Gasteiger charge is 2.55. The van der Waals surface area contributed by atoms with Crippen LogP contribution in [0, 0.1) is 11.7 Å². The predicted octanol–water partition coefficient (Wildman–Crippen LogP) is 3.27.